The number of para-hydroxylation sites is 2. The number of benzene rings is 4. The van der Waals surface area contributed by atoms with Crippen LogP contribution in [-0.2, 0) is 0 Å². The minimum absolute atomic E-state index is 0.232. The SMILES string of the molecule is O=c1c2c3ccccc3oc2n2c(=O)c3ccccc3c(-c3ccccc3)c2n1-c1ccccc1. The molecule has 0 aliphatic carbocycles. The van der Waals surface area contributed by atoms with Crippen LogP contribution in [0.4, 0.5) is 0 Å². The Morgan fingerprint density at radius 3 is 1.91 bits per heavy atom. The number of furan rings is 1. The highest BCUT2D eigenvalue weighted by Crippen LogP contribution is 2.35. The first-order valence-corrected chi connectivity index (χ1v) is 11.4. The fourth-order valence-electron chi connectivity index (χ4n) is 5.05. The fraction of sp³-hybridized carbons (Fsp3) is 0. The standard InChI is InChI=1S/C30H18N2O3/c33-28-22-16-8-7-15-21(22)25(19-11-3-1-4-12-19)27-31(20-13-5-2-6-14-20)29(34)26-23-17-9-10-18-24(23)35-30(26)32(27)28/h1-18H. The van der Waals surface area contributed by atoms with Crippen molar-refractivity contribution in [2.45, 2.75) is 0 Å². The quantitative estimate of drug-likeness (QED) is 0.294. The summed E-state index contributed by atoms with van der Waals surface area (Å²) in [6.07, 6.45) is 0. The third kappa shape index (κ3) is 2.69. The van der Waals surface area contributed by atoms with E-state index in [0.29, 0.717) is 33.1 Å². The Morgan fingerprint density at radius 2 is 1.17 bits per heavy atom. The van der Waals surface area contributed by atoms with Crippen LogP contribution in [0.2, 0.25) is 0 Å². The van der Waals surface area contributed by atoms with Crippen LogP contribution >= 0.6 is 0 Å². The summed E-state index contributed by atoms with van der Waals surface area (Å²) in [5.41, 5.74) is 3.20. The van der Waals surface area contributed by atoms with Crippen LogP contribution in [0.1, 0.15) is 0 Å². The van der Waals surface area contributed by atoms with E-state index in [1.807, 2.05) is 109 Å². The van der Waals surface area contributed by atoms with Crippen LogP contribution in [0.15, 0.2) is 123 Å². The lowest BCUT2D eigenvalue weighted by Gasteiger charge is -2.18. The molecule has 0 aliphatic heterocycles. The second kappa shape index (κ2) is 7.30. The zero-order chi connectivity index (χ0) is 23.5. The van der Waals surface area contributed by atoms with Gasteiger partial charge in [-0.15, -0.1) is 0 Å². The number of hydrogen-bond donors (Lipinski definition) is 0. The van der Waals surface area contributed by atoms with Crippen molar-refractivity contribution >= 4 is 38.5 Å². The normalized spacial score (nSPS) is 11.7. The second-order valence-electron chi connectivity index (χ2n) is 8.51. The molecular formula is C30H18N2O3. The number of pyridine rings is 1. The molecule has 0 saturated carbocycles. The highest BCUT2D eigenvalue weighted by molar-refractivity contribution is 6.08. The molecule has 0 radical (unpaired) electrons. The summed E-state index contributed by atoms with van der Waals surface area (Å²) in [5, 5.41) is 2.40. The van der Waals surface area contributed by atoms with E-state index < -0.39 is 0 Å². The molecule has 0 fully saturated rings. The van der Waals surface area contributed by atoms with Gasteiger partial charge in [-0.05, 0) is 35.2 Å². The Kier molecular flexibility index (Phi) is 4.08. The summed E-state index contributed by atoms with van der Waals surface area (Å²) in [4.78, 5) is 28.3. The zero-order valence-electron chi connectivity index (χ0n) is 18.5. The lowest BCUT2D eigenvalue weighted by atomic mass is 9.99. The van der Waals surface area contributed by atoms with E-state index in [2.05, 4.69) is 0 Å². The van der Waals surface area contributed by atoms with Gasteiger partial charge in [-0.1, -0.05) is 84.9 Å². The fourth-order valence-corrected chi connectivity index (χ4v) is 5.05. The largest absolute Gasteiger partial charge is 0.439 e. The third-order valence-electron chi connectivity index (χ3n) is 6.55. The van der Waals surface area contributed by atoms with Gasteiger partial charge in [0.15, 0.2) is 0 Å². The van der Waals surface area contributed by atoms with Crippen LogP contribution in [0.5, 0.6) is 0 Å². The summed E-state index contributed by atoms with van der Waals surface area (Å²) in [5.74, 6) is 0. The minimum Gasteiger partial charge on any atom is -0.439 e. The molecule has 3 aromatic heterocycles. The molecule has 0 spiro atoms. The molecule has 5 nitrogen and oxygen atoms in total. The number of rotatable bonds is 2. The third-order valence-corrected chi connectivity index (χ3v) is 6.55. The summed E-state index contributed by atoms with van der Waals surface area (Å²) < 4.78 is 9.41. The Hall–Kier alpha value is -4.90. The Labute approximate surface area is 198 Å². The molecule has 7 rings (SSSR count). The average Bonchev–Trinajstić information content (AvgIpc) is 3.30. The topological polar surface area (TPSA) is 56.6 Å². The number of hydrogen-bond acceptors (Lipinski definition) is 3. The molecule has 0 atom stereocenters. The molecule has 4 aromatic carbocycles. The Balaban J connectivity index is 1.89. The van der Waals surface area contributed by atoms with Gasteiger partial charge < -0.3 is 4.42 Å². The van der Waals surface area contributed by atoms with Crippen molar-refractivity contribution in [2.75, 3.05) is 0 Å². The summed E-state index contributed by atoms with van der Waals surface area (Å²) in [6, 6.07) is 34.2. The maximum absolute atomic E-state index is 14.2. The van der Waals surface area contributed by atoms with E-state index in [1.54, 1.807) is 8.97 Å². The molecule has 0 unspecified atom stereocenters. The first-order valence-electron chi connectivity index (χ1n) is 11.4. The van der Waals surface area contributed by atoms with Crippen molar-refractivity contribution in [1.82, 2.24) is 8.97 Å². The van der Waals surface area contributed by atoms with Gasteiger partial charge in [0, 0.05) is 16.3 Å². The summed E-state index contributed by atoms with van der Waals surface area (Å²) in [6.45, 7) is 0. The van der Waals surface area contributed by atoms with Crippen molar-refractivity contribution in [1.29, 1.82) is 0 Å². The second-order valence-corrected chi connectivity index (χ2v) is 8.51. The van der Waals surface area contributed by atoms with Crippen molar-refractivity contribution in [3.63, 3.8) is 0 Å². The van der Waals surface area contributed by atoms with Crippen LogP contribution < -0.4 is 11.1 Å². The van der Waals surface area contributed by atoms with Crippen LogP contribution in [0.25, 0.3) is 55.3 Å². The van der Waals surface area contributed by atoms with E-state index >= 15 is 0 Å². The molecule has 7 aromatic rings. The molecule has 35 heavy (non-hydrogen) atoms. The molecule has 0 saturated heterocycles. The van der Waals surface area contributed by atoms with E-state index in [1.165, 1.54) is 0 Å². The van der Waals surface area contributed by atoms with Gasteiger partial charge in [0.1, 0.15) is 16.6 Å². The molecule has 0 bridgehead atoms. The predicted molar refractivity (Wildman–Crippen MR) is 139 cm³/mol. The summed E-state index contributed by atoms with van der Waals surface area (Å²) in [7, 11) is 0. The van der Waals surface area contributed by atoms with Gasteiger partial charge in [-0.3, -0.25) is 14.2 Å². The van der Waals surface area contributed by atoms with Gasteiger partial charge >= 0.3 is 0 Å². The van der Waals surface area contributed by atoms with Crippen molar-refractivity contribution in [3.8, 4) is 16.8 Å². The van der Waals surface area contributed by atoms with Gasteiger partial charge in [-0.25, -0.2) is 4.40 Å². The molecule has 166 valence electrons. The minimum atomic E-state index is -0.233. The number of nitrogens with zero attached hydrogens (tertiary/aromatic N) is 2. The zero-order valence-corrected chi connectivity index (χ0v) is 18.5. The Bertz CT molecular complexity index is 2030. The van der Waals surface area contributed by atoms with Gasteiger partial charge in [0.2, 0.25) is 5.71 Å². The molecular weight excluding hydrogens is 436 g/mol. The van der Waals surface area contributed by atoms with Gasteiger partial charge in [-0.2, -0.15) is 0 Å². The van der Waals surface area contributed by atoms with E-state index in [-0.39, 0.29) is 16.8 Å². The number of fused-ring (bicyclic) bond motifs is 6. The summed E-state index contributed by atoms with van der Waals surface area (Å²) >= 11 is 0. The molecule has 0 amide bonds. The predicted octanol–water partition coefficient (Wildman–Crippen LogP) is 6.17. The first kappa shape index (κ1) is 19.6. The van der Waals surface area contributed by atoms with Crippen molar-refractivity contribution in [2.24, 2.45) is 0 Å². The molecule has 0 N–H and O–H groups in total. The van der Waals surface area contributed by atoms with E-state index in [4.69, 9.17) is 4.42 Å². The maximum atomic E-state index is 14.2. The van der Waals surface area contributed by atoms with Crippen LogP contribution in [0, 0.1) is 0 Å². The van der Waals surface area contributed by atoms with E-state index in [0.717, 1.165) is 16.5 Å². The maximum Gasteiger partial charge on any atom is 0.270 e. The average molecular weight is 454 g/mol. The smallest absolute Gasteiger partial charge is 0.270 e. The molecule has 0 aliphatic rings. The molecule has 5 heteroatoms. The molecule has 3 heterocycles. The van der Waals surface area contributed by atoms with Gasteiger partial charge in [0.25, 0.3) is 11.1 Å². The van der Waals surface area contributed by atoms with E-state index in [9.17, 15) is 9.59 Å². The highest BCUT2D eigenvalue weighted by Gasteiger charge is 2.24. The van der Waals surface area contributed by atoms with Crippen LogP contribution in [-0.4, -0.2) is 8.97 Å². The number of aromatic nitrogens is 2. The monoisotopic (exact) mass is 454 g/mol. The van der Waals surface area contributed by atoms with Crippen LogP contribution in [0.3, 0.4) is 0 Å². The van der Waals surface area contributed by atoms with Crippen molar-refractivity contribution in [3.05, 3.63) is 130 Å². The van der Waals surface area contributed by atoms with Crippen molar-refractivity contribution < 1.29 is 4.42 Å². The van der Waals surface area contributed by atoms with Gasteiger partial charge in [0.05, 0.1) is 5.69 Å². The first-order chi connectivity index (χ1) is 17.2. The highest BCUT2D eigenvalue weighted by atomic mass is 16.3. The lowest BCUT2D eigenvalue weighted by molar-refractivity contribution is 0.642. The Morgan fingerprint density at radius 1 is 0.571 bits per heavy atom. The lowest BCUT2D eigenvalue weighted by Crippen LogP contribution is -2.27.